The number of benzene rings is 1. The Labute approximate surface area is 136 Å². The van der Waals surface area contributed by atoms with Crippen LogP contribution in [0.2, 0.25) is 0 Å². The molecule has 2 aromatic rings. The number of piperazine rings is 1. The van der Waals surface area contributed by atoms with E-state index >= 15 is 0 Å². The summed E-state index contributed by atoms with van der Waals surface area (Å²) >= 11 is 0. The minimum Gasteiger partial charge on any atom is -0.467 e. The quantitative estimate of drug-likeness (QED) is 0.944. The van der Waals surface area contributed by atoms with E-state index in [2.05, 4.69) is 41.4 Å². The third-order valence-corrected chi connectivity index (χ3v) is 4.14. The van der Waals surface area contributed by atoms with Crippen molar-refractivity contribution >= 4 is 6.03 Å². The molecule has 1 aliphatic rings. The first kappa shape index (κ1) is 15.6. The Morgan fingerprint density at radius 1 is 1.17 bits per heavy atom. The number of furan rings is 1. The van der Waals surface area contributed by atoms with Crippen molar-refractivity contribution in [3.8, 4) is 0 Å². The molecule has 1 saturated heterocycles. The van der Waals surface area contributed by atoms with E-state index in [1.165, 1.54) is 11.1 Å². The van der Waals surface area contributed by atoms with Gasteiger partial charge in [0, 0.05) is 32.7 Å². The largest absolute Gasteiger partial charge is 0.467 e. The lowest BCUT2D eigenvalue weighted by Gasteiger charge is -2.34. The molecule has 122 valence electrons. The summed E-state index contributed by atoms with van der Waals surface area (Å²) < 4.78 is 5.22. The number of amides is 2. The van der Waals surface area contributed by atoms with E-state index in [1.807, 2.05) is 17.0 Å². The highest BCUT2D eigenvalue weighted by molar-refractivity contribution is 5.74. The Morgan fingerprint density at radius 3 is 2.70 bits per heavy atom. The van der Waals surface area contributed by atoms with Crippen LogP contribution in [0, 0.1) is 6.92 Å². The zero-order chi connectivity index (χ0) is 16.1. The van der Waals surface area contributed by atoms with Crippen LogP contribution in [-0.2, 0) is 13.1 Å². The number of urea groups is 1. The van der Waals surface area contributed by atoms with Gasteiger partial charge in [0.25, 0.3) is 0 Å². The third-order valence-electron chi connectivity index (χ3n) is 4.14. The van der Waals surface area contributed by atoms with Crippen LogP contribution >= 0.6 is 0 Å². The summed E-state index contributed by atoms with van der Waals surface area (Å²) in [5.74, 6) is 0.774. The second-order valence-electron chi connectivity index (χ2n) is 5.99. The van der Waals surface area contributed by atoms with Crippen molar-refractivity contribution in [2.24, 2.45) is 0 Å². The molecule has 0 aliphatic carbocycles. The fourth-order valence-corrected chi connectivity index (χ4v) is 2.87. The molecule has 0 saturated carbocycles. The molecule has 1 fully saturated rings. The topological polar surface area (TPSA) is 48.7 Å². The summed E-state index contributed by atoms with van der Waals surface area (Å²) in [7, 11) is 0. The van der Waals surface area contributed by atoms with Crippen LogP contribution < -0.4 is 5.32 Å². The van der Waals surface area contributed by atoms with E-state index in [0.29, 0.717) is 6.54 Å². The molecule has 5 heteroatoms. The van der Waals surface area contributed by atoms with Gasteiger partial charge in [-0.1, -0.05) is 29.8 Å². The zero-order valence-electron chi connectivity index (χ0n) is 13.5. The maximum absolute atomic E-state index is 12.2. The number of hydrogen-bond acceptors (Lipinski definition) is 3. The molecule has 1 N–H and O–H groups in total. The highest BCUT2D eigenvalue weighted by atomic mass is 16.3. The molecule has 1 aromatic carbocycles. The Hall–Kier alpha value is -2.27. The summed E-state index contributed by atoms with van der Waals surface area (Å²) in [6.45, 7) is 6.83. The van der Waals surface area contributed by atoms with E-state index in [1.54, 1.807) is 6.26 Å². The Morgan fingerprint density at radius 2 is 2.00 bits per heavy atom. The molecule has 23 heavy (non-hydrogen) atoms. The number of nitrogens with one attached hydrogen (secondary N) is 1. The van der Waals surface area contributed by atoms with Crippen molar-refractivity contribution < 1.29 is 9.21 Å². The number of carbonyl (C=O) groups excluding carboxylic acids is 1. The summed E-state index contributed by atoms with van der Waals surface area (Å²) in [5, 5.41) is 2.90. The number of aryl methyl sites for hydroxylation is 1. The maximum atomic E-state index is 12.2. The van der Waals surface area contributed by atoms with Crippen LogP contribution in [0.1, 0.15) is 16.9 Å². The molecular weight excluding hydrogens is 290 g/mol. The van der Waals surface area contributed by atoms with E-state index in [-0.39, 0.29) is 6.03 Å². The van der Waals surface area contributed by atoms with Gasteiger partial charge >= 0.3 is 6.03 Å². The van der Waals surface area contributed by atoms with E-state index < -0.39 is 0 Å². The molecule has 0 unspecified atom stereocenters. The van der Waals surface area contributed by atoms with Crippen molar-refractivity contribution in [2.45, 2.75) is 20.0 Å². The smallest absolute Gasteiger partial charge is 0.317 e. The van der Waals surface area contributed by atoms with E-state index in [4.69, 9.17) is 4.42 Å². The molecule has 0 radical (unpaired) electrons. The fraction of sp³-hybridized carbons (Fsp3) is 0.389. The van der Waals surface area contributed by atoms with Gasteiger partial charge in [-0.2, -0.15) is 0 Å². The van der Waals surface area contributed by atoms with Crippen molar-refractivity contribution in [1.82, 2.24) is 15.1 Å². The monoisotopic (exact) mass is 313 g/mol. The van der Waals surface area contributed by atoms with E-state index in [9.17, 15) is 4.79 Å². The van der Waals surface area contributed by atoms with Gasteiger partial charge in [0.2, 0.25) is 0 Å². The van der Waals surface area contributed by atoms with Crippen LogP contribution in [0.3, 0.4) is 0 Å². The molecule has 1 aliphatic heterocycles. The molecule has 3 rings (SSSR count). The van der Waals surface area contributed by atoms with Crippen LogP contribution in [0.4, 0.5) is 4.79 Å². The normalized spacial score (nSPS) is 15.6. The molecule has 2 heterocycles. The van der Waals surface area contributed by atoms with Crippen LogP contribution in [-0.4, -0.2) is 42.0 Å². The molecular formula is C18H23N3O2. The van der Waals surface area contributed by atoms with Gasteiger partial charge in [0.15, 0.2) is 0 Å². The molecule has 5 nitrogen and oxygen atoms in total. The molecule has 0 spiro atoms. The number of carbonyl (C=O) groups is 1. The van der Waals surface area contributed by atoms with Crippen LogP contribution in [0.5, 0.6) is 0 Å². The number of rotatable bonds is 4. The average molecular weight is 313 g/mol. The number of hydrogen-bond donors (Lipinski definition) is 1. The van der Waals surface area contributed by atoms with Crippen molar-refractivity contribution in [3.63, 3.8) is 0 Å². The summed E-state index contributed by atoms with van der Waals surface area (Å²) in [6.07, 6.45) is 1.62. The average Bonchev–Trinajstić information content (AvgIpc) is 3.07. The Balaban J connectivity index is 1.43. The fourth-order valence-electron chi connectivity index (χ4n) is 2.87. The van der Waals surface area contributed by atoms with Crippen molar-refractivity contribution in [3.05, 3.63) is 59.5 Å². The first-order valence-electron chi connectivity index (χ1n) is 8.04. The van der Waals surface area contributed by atoms with Gasteiger partial charge in [-0.25, -0.2) is 4.79 Å². The molecule has 0 bridgehead atoms. The Bertz CT molecular complexity index is 631. The molecule has 1 aromatic heterocycles. The second kappa shape index (κ2) is 7.33. The first-order chi connectivity index (χ1) is 11.2. The van der Waals surface area contributed by atoms with E-state index in [0.717, 1.165) is 38.5 Å². The highest BCUT2D eigenvalue weighted by Crippen LogP contribution is 2.10. The lowest BCUT2D eigenvalue weighted by molar-refractivity contribution is 0.134. The maximum Gasteiger partial charge on any atom is 0.317 e. The lowest BCUT2D eigenvalue weighted by Crippen LogP contribution is -2.51. The first-order valence-corrected chi connectivity index (χ1v) is 8.04. The standard InChI is InChI=1S/C18H23N3O2/c1-15-4-2-5-16(12-15)14-20-7-9-21(10-8-20)18(22)19-13-17-6-3-11-23-17/h2-6,11-12H,7-10,13-14H2,1H3,(H,19,22). The van der Waals surface area contributed by atoms with Gasteiger partial charge in [-0.15, -0.1) is 0 Å². The molecule has 2 amide bonds. The number of nitrogens with zero attached hydrogens (tertiary/aromatic N) is 2. The second-order valence-corrected chi connectivity index (χ2v) is 5.99. The third kappa shape index (κ3) is 4.36. The minimum absolute atomic E-state index is 0.0170. The van der Waals surface area contributed by atoms with Gasteiger partial charge < -0.3 is 14.6 Å². The Kier molecular flexibility index (Phi) is 4.98. The zero-order valence-corrected chi connectivity index (χ0v) is 13.5. The summed E-state index contributed by atoms with van der Waals surface area (Å²) in [6, 6.07) is 12.3. The van der Waals surface area contributed by atoms with Gasteiger partial charge in [-0.3, -0.25) is 4.90 Å². The van der Waals surface area contributed by atoms with Crippen LogP contribution in [0.15, 0.2) is 47.1 Å². The van der Waals surface area contributed by atoms with Crippen LogP contribution in [0.25, 0.3) is 0 Å². The summed E-state index contributed by atoms with van der Waals surface area (Å²) in [5.41, 5.74) is 2.62. The van der Waals surface area contributed by atoms with Gasteiger partial charge in [0.1, 0.15) is 5.76 Å². The van der Waals surface area contributed by atoms with Gasteiger partial charge in [-0.05, 0) is 24.6 Å². The minimum atomic E-state index is -0.0170. The van der Waals surface area contributed by atoms with Crippen molar-refractivity contribution in [1.29, 1.82) is 0 Å². The highest BCUT2D eigenvalue weighted by Gasteiger charge is 2.21. The predicted octanol–water partition coefficient (Wildman–Crippen LogP) is 2.62. The molecule has 0 atom stereocenters. The van der Waals surface area contributed by atoms with Gasteiger partial charge in [0.05, 0.1) is 12.8 Å². The SMILES string of the molecule is Cc1cccc(CN2CCN(C(=O)NCc3ccco3)CC2)c1. The lowest BCUT2D eigenvalue weighted by atomic mass is 10.1. The van der Waals surface area contributed by atoms with Crippen molar-refractivity contribution in [2.75, 3.05) is 26.2 Å². The predicted molar refractivity (Wildman–Crippen MR) is 89.0 cm³/mol. The summed E-state index contributed by atoms with van der Waals surface area (Å²) in [4.78, 5) is 16.4.